The van der Waals surface area contributed by atoms with Crippen LogP contribution in [0.3, 0.4) is 0 Å². The fourth-order valence-electron chi connectivity index (χ4n) is 2.59. The van der Waals surface area contributed by atoms with Crippen molar-refractivity contribution in [3.63, 3.8) is 0 Å². The normalized spacial score (nSPS) is 15.3. The van der Waals surface area contributed by atoms with Gasteiger partial charge < -0.3 is 9.47 Å². The van der Waals surface area contributed by atoms with Crippen LogP contribution in [0.1, 0.15) is 18.2 Å². The first-order valence-electron chi connectivity index (χ1n) is 8.69. The highest BCUT2D eigenvalue weighted by Crippen LogP contribution is 2.18. The summed E-state index contributed by atoms with van der Waals surface area (Å²) < 4.78 is 10.7. The third kappa shape index (κ3) is 5.66. The molecule has 6 nitrogen and oxygen atoms in total. The van der Waals surface area contributed by atoms with Crippen LogP contribution in [0.25, 0.3) is 6.08 Å². The van der Waals surface area contributed by atoms with E-state index in [1.807, 2.05) is 36.6 Å². The van der Waals surface area contributed by atoms with E-state index in [4.69, 9.17) is 9.47 Å². The highest BCUT2D eigenvalue weighted by molar-refractivity contribution is 7.13. The average molecular weight is 373 g/mol. The number of hydrogen-bond donors (Lipinski definition) is 1. The van der Waals surface area contributed by atoms with Crippen LogP contribution in [-0.2, 0) is 16.1 Å². The molecule has 0 aliphatic carbocycles. The van der Waals surface area contributed by atoms with Crippen molar-refractivity contribution in [2.75, 3.05) is 38.2 Å². The Morgan fingerprint density at radius 2 is 2.12 bits per heavy atom. The molecule has 1 saturated heterocycles. The molecule has 1 aliphatic rings. The molecule has 2 heterocycles. The molecule has 1 aromatic carbocycles. The second-order valence-corrected chi connectivity index (χ2v) is 6.72. The van der Waals surface area contributed by atoms with Crippen molar-refractivity contribution in [2.45, 2.75) is 13.5 Å². The van der Waals surface area contributed by atoms with E-state index in [0.717, 1.165) is 49.9 Å². The van der Waals surface area contributed by atoms with Crippen molar-refractivity contribution < 1.29 is 14.3 Å². The predicted octanol–water partition coefficient (Wildman–Crippen LogP) is 3.03. The maximum absolute atomic E-state index is 12.1. The number of nitrogens with one attached hydrogen (secondary N) is 1. The fourth-order valence-corrected chi connectivity index (χ4v) is 3.29. The van der Waals surface area contributed by atoms with Crippen LogP contribution in [0.2, 0.25) is 0 Å². The number of carbonyl (C=O) groups excluding carboxylic acids is 1. The van der Waals surface area contributed by atoms with E-state index in [-0.39, 0.29) is 5.91 Å². The molecule has 138 valence electrons. The van der Waals surface area contributed by atoms with Gasteiger partial charge in [-0.1, -0.05) is 12.1 Å². The molecular formula is C19H23N3O3S. The second-order valence-electron chi connectivity index (χ2n) is 5.86. The number of nitrogens with zero attached hydrogens (tertiary/aromatic N) is 2. The van der Waals surface area contributed by atoms with Crippen LogP contribution < -0.4 is 10.1 Å². The van der Waals surface area contributed by atoms with Gasteiger partial charge in [0, 0.05) is 31.1 Å². The minimum absolute atomic E-state index is 0.189. The molecule has 26 heavy (non-hydrogen) atoms. The van der Waals surface area contributed by atoms with Crippen molar-refractivity contribution in [1.82, 2.24) is 9.88 Å². The second kappa shape index (κ2) is 9.47. The number of carbonyl (C=O) groups is 1. The van der Waals surface area contributed by atoms with Crippen molar-refractivity contribution in [1.29, 1.82) is 0 Å². The lowest BCUT2D eigenvalue weighted by Gasteiger charge is -2.25. The molecule has 7 heteroatoms. The largest absolute Gasteiger partial charge is 0.494 e. The molecule has 1 amide bonds. The SMILES string of the molecule is CCOc1ccc(/C=C\C(=O)Nc2nc(CN3CCOCC3)cs2)cc1. The van der Waals surface area contributed by atoms with E-state index in [9.17, 15) is 4.79 Å². The Bertz CT molecular complexity index is 737. The molecular weight excluding hydrogens is 350 g/mol. The number of aromatic nitrogens is 1. The van der Waals surface area contributed by atoms with Gasteiger partial charge in [0.25, 0.3) is 0 Å². The smallest absolute Gasteiger partial charge is 0.250 e. The standard InChI is InChI=1S/C19H23N3O3S/c1-2-25-17-6-3-15(4-7-17)5-8-18(23)21-19-20-16(14-26-19)13-22-9-11-24-12-10-22/h3-8,14H,2,9-13H2,1H3,(H,20,21,23)/b8-5-. The molecule has 0 atom stereocenters. The quantitative estimate of drug-likeness (QED) is 0.756. The number of amides is 1. The Labute approximate surface area is 157 Å². The molecule has 0 radical (unpaired) electrons. The number of morpholine rings is 1. The van der Waals surface area contributed by atoms with Gasteiger partial charge in [-0.2, -0.15) is 0 Å². The molecule has 1 aliphatic heterocycles. The van der Waals surface area contributed by atoms with Crippen molar-refractivity contribution in [3.05, 3.63) is 47.0 Å². The van der Waals surface area contributed by atoms with Gasteiger partial charge >= 0.3 is 0 Å². The molecule has 3 rings (SSSR count). The van der Waals surface area contributed by atoms with Gasteiger partial charge in [-0.25, -0.2) is 4.98 Å². The highest BCUT2D eigenvalue weighted by atomic mass is 32.1. The first kappa shape index (κ1) is 18.6. The molecule has 0 saturated carbocycles. The van der Waals surface area contributed by atoms with Crippen LogP contribution in [0, 0.1) is 0 Å². The van der Waals surface area contributed by atoms with Crippen molar-refractivity contribution in [2.24, 2.45) is 0 Å². The van der Waals surface area contributed by atoms with E-state index in [1.165, 1.54) is 17.4 Å². The highest BCUT2D eigenvalue weighted by Gasteiger charge is 2.13. The summed E-state index contributed by atoms with van der Waals surface area (Å²) in [5.74, 6) is 0.635. The Hall–Kier alpha value is -2.22. The Morgan fingerprint density at radius 3 is 2.85 bits per heavy atom. The third-order valence-electron chi connectivity index (χ3n) is 3.89. The summed E-state index contributed by atoms with van der Waals surface area (Å²) in [4.78, 5) is 18.9. The first-order chi connectivity index (χ1) is 12.7. The minimum atomic E-state index is -0.189. The number of anilines is 1. The van der Waals surface area contributed by atoms with Gasteiger partial charge in [0.15, 0.2) is 5.13 Å². The van der Waals surface area contributed by atoms with E-state index in [1.54, 1.807) is 6.08 Å². The molecule has 1 fully saturated rings. The minimum Gasteiger partial charge on any atom is -0.494 e. The van der Waals surface area contributed by atoms with Crippen molar-refractivity contribution >= 4 is 28.5 Å². The Balaban J connectivity index is 1.49. The molecule has 0 bridgehead atoms. The van der Waals surface area contributed by atoms with Crippen molar-refractivity contribution in [3.8, 4) is 5.75 Å². The number of hydrogen-bond acceptors (Lipinski definition) is 6. The maximum Gasteiger partial charge on any atom is 0.250 e. The summed E-state index contributed by atoms with van der Waals surface area (Å²) >= 11 is 1.44. The zero-order valence-corrected chi connectivity index (χ0v) is 15.6. The van der Waals surface area contributed by atoms with Gasteiger partial charge in [0.05, 0.1) is 25.5 Å². The average Bonchev–Trinajstić information content (AvgIpc) is 3.09. The summed E-state index contributed by atoms with van der Waals surface area (Å²) in [7, 11) is 0. The third-order valence-corrected chi connectivity index (χ3v) is 4.70. The van der Waals surface area contributed by atoms with Crippen LogP contribution in [-0.4, -0.2) is 48.7 Å². The molecule has 1 N–H and O–H groups in total. The van der Waals surface area contributed by atoms with Crippen LogP contribution in [0.4, 0.5) is 5.13 Å². The summed E-state index contributed by atoms with van der Waals surface area (Å²) in [5, 5.41) is 5.42. The lowest BCUT2D eigenvalue weighted by atomic mass is 10.2. The zero-order chi connectivity index (χ0) is 18.2. The van der Waals surface area contributed by atoms with Gasteiger partial charge in [-0.05, 0) is 30.7 Å². The number of ether oxygens (including phenoxy) is 2. The van der Waals surface area contributed by atoms with Crippen LogP contribution in [0.15, 0.2) is 35.7 Å². The molecule has 0 spiro atoms. The lowest BCUT2D eigenvalue weighted by Crippen LogP contribution is -2.35. The summed E-state index contributed by atoms with van der Waals surface area (Å²) in [6, 6.07) is 7.61. The number of rotatable bonds is 7. The summed E-state index contributed by atoms with van der Waals surface area (Å²) in [6.07, 6.45) is 3.28. The molecule has 2 aromatic rings. The predicted molar refractivity (Wildman–Crippen MR) is 103 cm³/mol. The number of thiazole rings is 1. The summed E-state index contributed by atoms with van der Waals surface area (Å²) in [6.45, 7) is 6.75. The summed E-state index contributed by atoms with van der Waals surface area (Å²) in [5.41, 5.74) is 1.92. The Kier molecular flexibility index (Phi) is 6.76. The fraction of sp³-hybridized carbons (Fsp3) is 0.368. The Morgan fingerprint density at radius 1 is 1.35 bits per heavy atom. The van der Waals surface area contributed by atoms with E-state index in [2.05, 4.69) is 15.2 Å². The van der Waals surface area contributed by atoms with E-state index < -0.39 is 0 Å². The lowest BCUT2D eigenvalue weighted by molar-refractivity contribution is -0.111. The van der Waals surface area contributed by atoms with E-state index in [0.29, 0.717) is 11.7 Å². The van der Waals surface area contributed by atoms with Gasteiger partial charge in [0.1, 0.15) is 5.75 Å². The van der Waals surface area contributed by atoms with Crippen LogP contribution in [0.5, 0.6) is 5.75 Å². The maximum atomic E-state index is 12.1. The van der Waals surface area contributed by atoms with Crippen LogP contribution >= 0.6 is 11.3 Å². The molecule has 0 unspecified atom stereocenters. The first-order valence-corrected chi connectivity index (χ1v) is 9.57. The topological polar surface area (TPSA) is 63.7 Å². The number of benzene rings is 1. The molecule has 1 aromatic heterocycles. The van der Waals surface area contributed by atoms with Gasteiger partial charge in [-0.3, -0.25) is 15.0 Å². The van der Waals surface area contributed by atoms with Gasteiger partial charge in [0.2, 0.25) is 5.91 Å². The monoisotopic (exact) mass is 373 g/mol. The van der Waals surface area contributed by atoms with Gasteiger partial charge in [-0.15, -0.1) is 11.3 Å². The van der Waals surface area contributed by atoms with E-state index >= 15 is 0 Å². The zero-order valence-electron chi connectivity index (χ0n) is 14.8.